The van der Waals surface area contributed by atoms with Gasteiger partial charge >= 0.3 is 0 Å². The maximum absolute atomic E-state index is 11.6. The van der Waals surface area contributed by atoms with Crippen LogP contribution in [0.2, 0.25) is 0 Å². The number of benzene rings is 1. The molecule has 0 spiro atoms. The van der Waals surface area contributed by atoms with Gasteiger partial charge in [-0.05, 0) is 11.6 Å². The van der Waals surface area contributed by atoms with Crippen LogP contribution in [0.25, 0.3) is 5.82 Å². The smallest absolute Gasteiger partial charge is 0.226 e. The highest BCUT2D eigenvalue weighted by Crippen LogP contribution is 2.11. The zero-order chi connectivity index (χ0) is 14.7. The van der Waals surface area contributed by atoms with Crippen molar-refractivity contribution in [3.63, 3.8) is 0 Å². The van der Waals surface area contributed by atoms with Crippen LogP contribution in [-0.4, -0.2) is 35.2 Å². The van der Waals surface area contributed by atoms with Crippen molar-refractivity contribution in [3.05, 3.63) is 60.3 Å². The average molecular weight is 299 g/mol. The molecule has 3 aromatic rings. The molecule has 0 radical (unpaired) electrons. The van der Waals surface area contributed by atoms with E-state index in [0.29, 0.717) is 23.2 Å². The fourth-order valence-electron chi connectivity index (χ4n) is 1.96. The number of aromatic nitrogens is 5. The zero-order valence-electron chi connectivity index (χ0n) is 11.4. The second kappa shape index (κ2) is 5.92. The predicted molar refractivity (Wildman–Crippen MR) is 78.5 cm³/mol. The van der Waals surface area contributed by atoms with Gasteiger partial charge in [0.05, 0.1) is 10.8 Å². The molecule has 0 aliphatic carbocycles. The molecule has 0 N–H and O–H groups in total. The van der Waals surface area contributed by atoms with E-state index >= 15 is 0 Å². The molecule has 7 heteroatoms. The van der Waals surface area contributed by atoms with Gasteiger partial charge in [0.15, 0.2) is 0 Å². The molecule has 0 aliphatic heterocycles. The molecule has 2 heterocycles. The van der Waals surface area contributed by atoms with Gasteiger partial charge in [-0.2, -0.15) is 0 Å². The van der Waals surface area contributed by atoms with Crippen LogP contribution in [-0.2, 0) is 17.2 Å². The summed E-state index contributed by atoms with van der Waals surface area (Å²) >= 11 is 0. The van der Waals surface area contributed by atoms with Crippen molar-refractivity contribution in [1.82, 2.24) is 24.7 Å². The molecule has 0 fully saturated rings. The quantitative estimate of drug-likeness (QED) is 0.728. The zero-order valence-corrected chi connectivity index (χ0v) is 12.2. The molecular weight excluding hydrogens is 286 g/mol. The van der Waals surface area contributed by atoms with Gasteiger partial charge in [0, 0.05) is 18.9 Å². The molecule has 0 unspecified atom stereocenters. The first kappa shape index (κ1) is 13.6. The summed E-state index contributed by atoms with van der Waals surface area (Å²) in [6.45, 7) is 0. The molecule has 21 heavy (non-hydrogen) atoms. The first-order valence-electron chi connectivity index (χ1n) is 6.34. The van der Waals surface area contributed by atoms with Gasteiger partial charge in [0.1, 0.15) is 18.0 Å². The van der Waals surface area contributed by atoms with Crippen molar-refractivity contribution in [1.29, 1.82) is 0 Å². The van der Waals surface area contributed by atoms with Crippen molar-refractivity contribution in [2.45, 2.75) is 11.6 Å². The molecule has 0 bridgehead atoms. The summed E-state index contributed by atoms with van der Waals surface area (Å²) in [5.41, 5.74) is 1.14. The van der Waals surface area contributed by atoms with Crippen LogP contribution in [0.1, 0.15) is 11.4 Å². The molecule has 106 valence electrons. The highest BCUT2D eigenvalue weighted by molar-refractivity contribution is 7.84. The molecule has 6 nitrogen and oxygen atoms in total. The van der Waals surface area contributed by atoms with Gasteiger partial charge < -0.3 is 0 Å². The van der Waals surface area contributed by atoms with Crippen LogP contribution in [0, 0.1) is 0 Å². The van der Waals surface area contributed by atoms with E-state index in [4.69, 9.17) is 0 Å². The molecule has 0 amide bonds. The molecule has 1 atom stereocenters. The van der Waals surface area contributed by atoms with Crippen molar-refractivity contribution in [2.24, 2.45) is 0 Å². The summed E-state index contributed by atoms with van der Waals surface area (Å²) in [6.07, 6.45) is 5.39. The minimum atomic E-state index is -1.23. The minimum Gasteiger partial charge on any atom is -0.258 e. The average Bonchev–Trinajstić information content (AvgIpc) is 2.98. The Labute approximate surface area is 124 Å². The SMILES string of the molecule is C[S@@](=O)c1nncn1-c1ccnc(Cc2ccccc2)n1. The van der Waals surface area contributed by atoms with Crippen molar-refractivity contribution in [2.75, 3.05) is 6.26 Å². The summed E-state index contributed by atoms with van der Waals surface area (Å²) < 4.78 is 13.2. The van der Waals surface area contributed by atoms with Crippen LogP contribution in [0.15, 0.2) is 54.1 Å². The number of rotatable bonds is 4. The maximum atomic E-state index is 11.6. The van der Waals surface area contributed by atoms with Crippen molar-refractivity contribution in [3.8, 4) is 5.82 Å². The fourth-order valence-corrected chi connectivity index (χ4v) is 2.54. The highest BCUT2D eigenvalue weighted by atomic mass is 32.2. The Bertz CT molecular complexity index is 772. The number of hydrogen-bond acceptors (Lipinski definition) is 5. The lowest BCUT2D eigenvalue weighted by molar-refractivity contribution is 0.674. The third-order valence-electron chi connectivity index (χ3n) is 2.92. The Morgan fingerprint density at radius 2 is 2.00 bits per heavy atom. The van der Waals surface area contributed by atoms with E-state index < -0.39 is 10.8 Å². The summed E-state index contributed by atoms with van der Waals surface area (Å²) in [7, 11) is -1.23. The Morgan fingerprint density at radius 1 is 1.19 bits per heavy atom. The van der Waals surface area contributed by atoms with Gasteiger partial charge in [-0.1, -0.05) is 30.3 Å². The van der Waals surface area contributed by atoms with Crippen LogP contribution in [0.3, 0.4) is 0 Å². The van der Waals surface area contributed by atoms with Crippen LogP contribution >= 0.6 is 0 Å². The molecule has 2 aromatic heterocycles. The Hall–Kier alpha value is -2.41. The number of nitrogens with zero attached hydrogens (tertiary/aromatic N) is 5. The Kier molecular flexibility index (Phi) is 3.83. The van der Waals surface area contributed by atoms with Crippen molar-refractivity contribution < 1.29 is 4.21 Å². The van der Waals surface area contributed by atoms with E-state index in [9.17, 15) is 4.21 Å². The monoisotopic (exact) mass is 299 g/mol. The molecule has 3 rings (SSSR count). The molecule has 0 aliphatic rings. The van der Waals surface area contributed by atoms with Crippen LogP contribution < -0.4 is 0 Å². The van der Waals surface area contributed by atoms with Gasteiger partial charge in [-0.15, -0.1) is 10.2 Å². The van der Waals surface area contributed by atoms with Crippen molar-refractivity contribution >= 4 is 10.8 Å². The predicted octanol–water partition coefficient (Wildman–Crippen LogP) is 1.39. The lowest BCUT2D eigenvalue weighted by Crippen LogP contribution is -2.06. The van der Waals surface area contributed by atoms with Gasteiger partial charge in [0.25, 0.3) is 0 Å². The van der Waals surface area contributed by atoms with Crippen LogP contribution in [0.4, 0.5) is 0 Å². The Morgan fingerprint density at radius 3 is 2.76 bits per heavy atom. The summed E-state index contributed by atoms with van der Waals surface area (Å²) in [5.74, 6) is 1.31. The van der Waals surface area contributed by atoms with Gasteiger partial charge in [-0.25, -0.2) is 9.97 Å². The van der Waals surface area contributed by atoms with E-state index in [1.165, 1.54) is 6.33 Å². The topological polar surface area (TPSA) is 73.6 Å². The van der Waals surface area contributed by atoms with E-state index in [-0.39, 0.29) is 0 Å². The van der Waals surface area contributed by atoms with E-state index in [2.05, 4.69) is 20.2 Å². The molecular formula is C14H13N5OS. The highest BCUT2D eigenvalue weighted by Gasteiger charge is 2.11. The van der Waals surface area contributed by atoms with Gasteiger partial charge in [0.2, 0.25) is 5.16 Å². The van der Waals surface area contributed by atoms with E-state index in [0.717, 1.165) is 5.56 Å². The molecule has 1 aromatic carbocycles. The number of hydrogen-bond donors (Lipinski definition) is 0. The lowest BCUT2D eigenvalue weighted by atomic mass is 10.1. The van der Waals surface area contributed by atoms with E-state index in [1.807, 2.05) is 30.3 Å². The fraction of sp³-hybridized carbons (Fsp3) is 0.143. The minimum absolute atomic E-state index is 0.374. The third kappa shape index (κ3) is 3.03. The summed E-state index contributed by atoms with van der Waals surface area (Å²) in [5, 5.41) is 8.03. The van der Waals surface area contributed by atoms with Gasteiger partial charge in [-0.3, -0.25) is 8.78 Å². The molecule has 0 saturated carbocycles. The summed E-state index contributed by atoms with van der Waals surface area (Å²) in [4.78, 5) is 8.77. The molecule has 0 saturated heterocycles. The Balaban J connectivity index is 1.93. The van der Waals surface area contributed by atoms with Crippen LogP contribution in [0.5, 0.6) is 0 Å². The largest absolute Gasteiger partial charge is 0.258 e. The second-order valence-corrected chi connectivity index (χ2v) is 5.70. The lowest BCUT2D eigenvalue weighted by Gasteiger charge is -2.06. The maximum Gasteiger partial charge on any atom is 0.226 e. The normalized spacial score (nSPS) is 12.2. The third-order valence-corrected chi connectivity index (χ3v) is 3.71. The first-order valence-corrected chi connectivity index (χ1v) is 7.89. The van der Waals surface area contributed by atoms with E-state index in [1.54, 1.807) is 23.1 Å². The summed E-state index contributed by atoms with van der Waals surface area (Å²) in [6, 6.07) is 11.7. The standard InChI is InChI=1S/C14H13N5OS/c1-21(20)14-18-16-10-19(14)13-7-8-15-12(17-13)9-11-5-3-2-4-6-11/h2-8,10H,9H2,1H3/t21-/m1/s1. The second-order valence-electron chi connectivity index (χ2n) is 4.43. The first-order chi connectivity index (χ1) is 10.2.